The predicted molar refractivity (Wildman–Crippen MR) is 107 cm³/mol. The van der Waals surface area contributed by atoms with Gasteiger partial charge in [0.15, 0.2) is 0 Å². The number of ether oxygens (including phenoxy) is 1. The Kier molecular flexibility index (Phi) is 4.75. The number of anilines is 2. The molecule has 0 saturated carbocycles. The van der Waals surface area contributed by atoms with Gasteiger partial charge in [0, 0.05) is 23.2 Å². The molecule has 0 aliphatic rings. The maximum atomic E-state index is 13.6. The van der Waals surface area contributed by atoms with E-state index in [-0.39, 0.29) is 18.2 Å². The van der Waals surface area contributed by atoms with Crippen LogP contribution in [0.1, 0.15) is 11.1 Å². The first-order chi connectivity index (χ1) is 13.9. The third kappa shape index (κ3) is 3.82. The van der Waals surface area contributed by atoms with Crippen molar-refractivity contribution in [2.75, 3.05) is 12.4 Å². The minimum absolute atomic E-state index is 0.0310. The lowest BCUT2D eigenvalue weighted by Crippen LogP contribution is -2.19. The fraction of sp³-hybridized carbons (Fsp3) is 0.143. The van der Waals surface area contributed by atoms with Crippen LogP contribution in [0, 0.1) is 18.6 Å². The summed E-state index contributed by atoms with van der Waals surface area (Å²) in [7, 11) is 1.36. The van der Waals surface area contributed by atoms with Crippen molar-refractivity contribution in [1.82, 2.24) is 14.5 Å². The van der Waals surface area contributed by atoms with Gasteiger partial charge in [0.2, 0.25) is 11.7 Å². The van der Waals surface area contributed by atoms with Gasteiger partial charge in [-0.25, -0.2) is 8.78 Å². The van der Waals surface area contributed by atoms with E-state index in [1.807, 2.05) is 31.3 Å². The molecule has 0 radical (unpaired) electrons. The summed E-state index contributed by atoms with van der Waals surface area (Å²) >= 11 is 0. The highest BCUT2D eigenvalue weighted by Crippen LogP contribution is 2.27. The number of hydrogen-bond donors (Lipinski definition) is 2. The molecule has 2 N–H and O–H groups in total. The second-order valence-corrected chi connectivity index (χ2v) is 6.72. The summed E-state index contributed by atoms with van der Waals surface area (Å²) in [6.07, 6.45) is 3.28. The Bertz CT molecular complexity index is 1240. The number of aromatic amines is 1. The summed E-state index contributed by atoms with van der Waals surface area (Å²) in [5.74, 6) is -1.09. The van der Waals surface area contributed by atoms with Gasteiger partial charge in [-0.2, -0.15) is 4.98 Å². The smallest absolute Gasteiger partial charge is 0.316 e. The first-order valence-electron chi connectivity index (χ1n) is 8.88. The number of nitrogens with one attached hydrogen (secondary N) is 2. The Balaban J connectivity index is 1.80. The Hall–Kier alpha value is -3.68. The molecular weight excluding hydrogens is 378 g/mol. The normalized spacial score (nSPS) is 11.0. The van der Waals surface area contributed by atoms with E-state index in [2.05, 4.69) is 15.3 Å². The highest BCUT2D eigenvalue weighted by molar-refractivity contribution is 5.93. The zero-order chi connectivity index (χ0) is 20.5. The number of aromatic nitrogens is 3. The number of halogens is 2. The Morgan fingerprint density at radius 2 is 1.93 bits per heavy atom. The van der Waals surface area contributed by atoms with E-state index in [1.165, 1.54) is 25.4 Å². The number of rotatable bonds is 5. The molecule has 8 heteroatoms. The average Bonchev–Trinajstić information content (AvgIpc) is 3.11. The first-order valence-corrected chi connectivity index (χ1v) is 8.88. The van der Waals surface area contributed by atoms with Crippen LogP contribution in [-0.2, 0) is 6.54 Å². The van der Waals surface area contributed by atoms with E-state index in [0.29, 0.717) is 5.56 Å². The molecule has 2 heterocycles. The third-order valence-electron chi connectivity index (χ3n) is 4.52. The van der Waals surface area contributed by atoms with Crippen LogP contribution in [0.2, 0.25) is 0 Å². The topological polar surface area (TPSA) is 71.9 Å². The molecule has 0 unspecified atom stereocenters. The number of H-pyrrole nitrogens is 1. The van der Waals surface area contributed by atoms with Gasteiger partial charge in [0.1, 0.15) is 11.6 Å². The molecule has 0 atom stereocenters. The van der Waals surface area contributed by atoms with Crippen LogP contribution in [0.4, 0.5) is 20.4 Å². The molecule has 0 bridgehead atoms. The highest BCUT2D eigenvalue weighted by Gasteiger charge is 2.13. The molecule has 0 aliphatic heterocycles. The molecule has 0 fully saturated rings. The van der Waals surface area contributed by atoms with E-state index in [1.54, 1.807) is 4.57 Å². The number of nitrogens with zero attached hydrogens (tertiary/aromatic N) is 2. The molecule has 0 spiro atoms. The quantitative estimate of drug-likeness (QED) is 0.533. The van der Waals surface area contributed by atoms with Gasteiger partial charge in [-0.1, -0.05) is 0 Å². The third-order valence-corrected chi connectivity index (χ3v) is 4.52. The van der Waals surface area contributed by atoms with Gasteiger partial charge in [-0.15, -0.1) is 0 Å². The van der Waals surface area contributed by atoms with Gasteiger partial charge in [0.25, 0.3) is 0 Å². The molecule has 148 valence electrons. The van der Waals surface area contributed by atoms with Gasteiger partial charge in [-0.3, -0.25) is 4.79 Å². The summed E-state index contributed by atoms with van der Waals surface area (Å²) in [5, 5.41) is 4.09. The Morgan fingerprint density at radius 3 is 2.66 bits per heavy atom. The number of aryl methyl sites for hydroxylation is 1. The summed E-state index contributed by atoms with van der Waals surface area (Å²) < 4.78 is 33.9. The molecule has 0 aliphatic carbocycles. The molecule has 0 amide bonds. The van der Waals surface area contributed by atoms with E-state index in [4.69, 9.17) is 4.74 Å². The lowest BCUT2D eigenvalue weighted by molar-refractivity contribution is 0.402. The lowest BCUT2D eigenvalue weighted by atomic mass is 10.1. The molecule has 2 aromatic carbocycles. The van der Waals surface area contributed by atoms with Crippen molar-refractivity contribution in [1.29, 1.82) is 0 Å². The highest BCUT2D eigenvalue weighted by atomic mass is 19.1. The first kappa shape index (κ1) is 18.7. The number of hydrogen-bond acceptors (Lipinski definition) is 4. The van der Waals surface area contributed by atoms with Gasteiger partial charge < -0.3 is 19.6 Å². The average molecular weight is 396 g/mol. The largest absolute Gasteiger partial charge is 0.490 e. The van der Waals surface area contributed by atoms with Crippen molar-refractivity contribution < 1.29 is 13.5 Å². The van der Waals surface area contributed by atoms with Crippen molar-refractivity contribution in [2.45, 2.75) is 13.5 Å². The number of benzene rings is 2. The van der Waals surface area contributed by atoms with Crippen molar-refractivity contribution in [3.63, 3.8) is 0 Å². The molecule has 4 rings (SSSR count). The fourth-order valence-electron chi connectivity index (χ4n) is 3.27. The molecule has 29 heavy (non-hydrogen) atoms. The van der Waals surface area contributed by atoms with Crippen LogP contribution >= 0.6 is 0 Å². The number of methoxy groups -OCH3 is 1. The molecule has 0 saturated heterocycles. The van der Waals surface area contributed by atoms with Crippen LogP contribution in [-0.4, -0.2) is 21.6 Å². The SMILES string of the molecule is COc1cn(Cc2cc(F)cc(F)c2)c(Nc2cc(C)cc3[nH]ccc23)nc1=O. The van der Waals surface area contributed by atoms with Crippen LogP contribution < -0.4 is 15.6 Å². The Morgan fingerprint density at radius 1 is 1.17 bits per heavy atom. The fourth-order valence-corrected chi connectivity index (χ4v) is 3.27. The summed E-state index contributed by atoms with van der Waals surface area (Å²) in [6, 6.07) is 9.11. The van der Waals surface area contributed by atoms with Crippen LogP contribution in [0.25, 0.3) is 10.9 Å². The van der Waals surface area contributed by atoms with E-state index >= 15 is 0 Å². The zero-order valence-corrected chi connectivity index (χ0v) is 15.8. The van der Waals surface area contributed by atoms with Crippen molar-refractivity contribution in [3.8, 4) is 5.75 Å². The second-order valence-electron chi connectivity index (χ2n) is 6.72. The zero-order valence-electron chi connectivity index (χ0n) is 15.8. The molecule has 4 aromatic rings. The minimum atomic E-state index is -0.678. The monoisotopic (exact) mass is 396 g/mol. The standard InChI is InChI=1S/C21H18F2N4O2/c1-12-5-17-16(3-4-24-17)18(6-12)25-21-26-20(28)19(29-2)11-27(21)10-13-7-14(22)9-15(23)8-13/h3-9,11,24H,10H2,1-2H3,(H,25,26,28). The maximum Gasteiger partial charge on any atom is 0.316 e. The van der Waals surface area contributed by atoms with Crippen LogP contribution in [0.15, 0.2) is 53.6 Å². The second kappa shape index (κ2) is 7.38. The molecule has 6 nitrogen and oxygen atoms in total. The Labute approximate surface area is 164 Å². The minimum Gasteiger partial charge on any atom is -0.490 e. The van der Waals surface area contributed by atoms with Gasteiger partial charge in [-0.05, 0) is 48.4 Å². The van der Waals surface area contributed by atoms with Crippen LogP contribution in [0.5, 0.6) is 5.75 Å². The summed E-state index contributed by atoms with van der Waals surface area (Å²) in [5.41, 5.74) is 2.53. The van der Waals surface area contributed by atoms with Crippen molar-refractivity contribution in [2.24, 2.45) is 0 Å². The summed E-state index contributed by atoms with van der Waals surface area (Å²) in [6.45, 7) is 2.04. The number of fused-ring (bicyclic) bond motifs is 1. The van der Waals surface area contributed by atoms with Crippen molar-refractivity contribution in [3.05, 3.63) is 81.9 Å². The maximum absolute atomic E-state index is 13.6. The predicted octanol–water partition coefficient (Wildman–Crippen LogP) is 4.11. The van der Waals surface area contributed by atoms with Crippen LogP contribution in [0.3, 0.4) is 0 Å². The molecule has 2 aromatic heterocycles. The summed E-state index contributed by atoms with van der Waals surface area (Å²) in [4.78, 5) is 19.5. The van der Waals surface area contributed by atoms with E-state index < -0.39 is 17.2 Å². The van der Waals surface area contributed by atoms with Crippen molar-refractivity contribution >= 4 is 22.5 Å². The van der Waals surface area contributed by atoms with Gasteiger partial charge >= 0.3 is 5.56 Å². The van der Waals surface area contributed by atoms with E-state index in [9.17, 15) is 13.6 Å². The lowest BCUT2D eigenvalue weighted by Gasteiger charge is -2.16. The molecular formula is C21H18F2N4O2. The van der Waals surface area contributed by atoms with E-state index in [0.717, 1.165) is 28.2 Å². The van der Waals surface area contributed by atoms with Gasteiger partial charge in [0.05, 0.1) is 25.5 Å².